The van der Waals surface area contributed by atoms with E-state index in [2.05, 4.69) is 0 Å². The van der Waals surface area contributed by atoms with E-state index in [1.807, 2.05) is 0 Å². The van der Waals surface area contributed by atoms with E-state index >= 15 is 0 Å². The van der Waals surface area contributed by atoms with Crippen molar-refractivity contribution in [2.45, 2.75) is 13.8 Å². The average molecular weight is 653 g/mol. The number of imide groups is 2. The van der Waals surface area contributed by atoms with Crippen LogP contribution in [0, 0.1) is 0 Å². The SMILES string of the molecule is CC1=CC(=O)N(COC(=O)c2ccc(OC(=O)c3ccc(OC(=O)c4ccc(C(=O)OCN5C(=O)C=C(C)C5=O)cc4)cc3)cc2)C1=O. The molecule has 0 atom stereocenters. The van der Waals surface area contributed by atoms with Gasteiger partial charge in [0.2, 0.25) is 0 Å². The lowest BCUT2D eigenvalue weighted by molar-refractivity contribution is -0.143. The number of hydrogen-bond acceptors (Lipinski definition) is 12. The van der Waals surface area contributed by atoms with E-state index in [1.165, 1.54) is 86.6 Å². The summed E-state index contributed by atoms with van der Waals surface area (Å²) in [7, 11) is 0. The molecule has 2 heterocycles. The van der Waals surface area contributed by atoms with Crippen molar-refractivity contribution < 1.29 is 57.3 Å². The van der Waals surface area contributed by atoms with E-state index in [-0.39, 0.29) is 44.9 Å². The van der Waals surface area contributed by atoms with Gasteiger partial charge in [-0.3, -0.25) is 19.2 Å². The minimum Gasteiger partial charge on any atom is -0.440 e. The van der Waals surface area contributed by atoms with Gasteiger partial charge in [-0.1, -0.05) is 0 Å². The van der Waals surface area contributed by atoms with Crippen LogP contribution in [-0.2, 0) is 28.7 Å². The van der Waals surface area contributed by atoms with Gasteiger partial charge >= 0.3 is 23.9 Å². The van der Waals surface area contributed by atoms with Crippen molar-refractivity contribution in [2.75, 3.05) is 13.5 Å². The molecular weight excluding hydrogens is 628 g/mol. The van der Waals surface area contributed by atoms with E-state index in [4.69, 9.17) is 18.9 Å². The van der Waals surface area contributed by atoms with Crippen LogP contribution in [-0.4, -0.2) is 70.8 Å². The monoisotopic (exact) mass is 652 g/mol. The number of rotatable bonds is 10. The molecule has 0 saturated heterocycles. The fraction of sp³-hybridized carbons (Fsp3) is 0.118. The molecule has 4 amide bonds. The molecule has 0 unspecified atom stereocenters. The Morgan fingerprint density at radius 2 is 0.771 bits per heavy atom. The molecule has 5 rings (SSSR count). The van der Waals surface area contributed by atoms with Gasteiger partial charge in [0.15, 0.2) is 13.5 Å². The van der Waals surface area contributed by atoms with Crippen molar-refractivity contribution in [3.63, 3.8) is 0 Å². The number of carbonyl (C=O) groups excluding carboxylic acids is 8. The van der Waals surface area contributed by atoms with Crippen LogP contribution in [0.4, 0.5) is 0 Å². The van der Waals surface area contributed by atoms with E-state index in [0.717, 1.165) is 22.0 Å². The largest absolute Gasteiger partial charge is 0.440 e. The molecule has 0 spiro atoms. The fourth-order valence-electron chi connectivity index (χ4n) is 4.33. The second kappa shape index (κ2) is 13.7. The molecule has 0 aliphatic carbocycles. The predicted octanol–water partition coefficient (Wildman–Crippen LogP) is 2.98. The summed E-state index contributed by atoms with van der Waals surface area (Å²) in [4.78, 5) is 98.7. The summed E-state index contributed by atoms with van der Waals surface area (Å²) in [6.07, 6.45) is 2.30. The van der Waals surface area contributed by atoms with Crippen LogP contribution < -0.4 is 9.47 Å². The smallest absolute Gasteiger partial charge is 0.343 e. The molecule has 242 valence electrons. The lowest BCUT2D eigenvalue weighted by Gasteiger charge is -2.14. The molecular formula is C34H24N2O12. The van der Waals surface area contributed by atoms with E-state index in [0.29, 0.717) is 0 Å². The predicted molar refractivity (Wildman–Crippen MR) is 161 cm³/mol. The van der Waals surface area contributed by atoms with Crippen molar-refractivity contribution in [3.05, 3.63) is 118 Å². The van der Waals surface area contributed by atoms with Crippen molar-refractivity contribution >= 4 is 47.5 Å². The van der Waals surface area contributed by atoms with Gasteiger partial charge in [-0.25, -0.2) is 29.0 Å². The number of hydrogen-bond donors (Lipinski definition) is 0. The molecule has 0 bridgehead atoms. The Bertz CT molecular complexity index is 1920. The highest BCUT2D eigenvalue weighted by atomic mass is 16.6. The third-order valence-corrected chi connectivity index (χ3v) is 6.98. The summed E-state index contributed by atoms with van der Waals surface area (Å²) in [5.74, 6) is -5.09. The zero-order chi connectivity index (χ0) is 34.5. The molecule has 14 nitrogen and oxygen atoms in total. The Balaban J connectivity index is 1.08. The molecule has 0 aromatic heterocycles. The maximum absolute atomic E-state index is 12.6. The maximum atomic E-state index is 12.6. The zero-order valence-corrected chi connectivity index (χ0v) is 25.3. The molecule has 0 saturated carbocycles. The summed E-state index contributed by atoms with van der Waals surface area (Å²) in [6.45, 7) is 1.87. The molecule has 0 N–H and O–H groups in total. The van der Waals surface area contributed by atoms with Crippen LogP contribution in [0.15, 0.2) is 96.1 Å². The van der Waals surface area contributed by atoms with E-state index < -0.39 is 61.0 Å². The summed E-state index contributed by atoms with van der Waals surface area (Å²) in [5, 5.41) is 0. The summed E-state index contributed by atoms with van der Waals surface area (Å²) in [5.41, 5.74) is 0.896. The summed E-state index contributed by atoms with van der Waals surface area (Å²) >= 11 is 0. The van der Waals surface area contributed by atoms with Crippen LogP contribution in [0.3, 0.4) is 0 Å². The number of esters is 4. The highest BCUT2D eigenvalue weighted by Crippen LogP contribution is 2.19. The Labute approximate surface area is 271 Å². The number of nitrogens with zero attached hydrogens (tertiary/aromatic N) is 2. The fourth-order valence-corrected chi connectivity index (χ4v) is 4.33. The first-order chi connectivity index (χ1) is 22.9. The quantitative estimate of drug-likeness (QED) is 0.178. The van der Waals surface area contributed by atoms with Gasteiger partial charge < -0.3 is 18.9 Å². The Morgan fingerprint density at radius 3 is 1.06 bits per heavy atom. The molecule has 14 heteroatoms. The van der Waals surface area contributed by atoms with Crippen LogP contribution in [0.25, 0.3) is 0 Å². The van der Waals surface area contributed by atoms with Gasteiger partial charge in [-0.15, -0.1) is 0 Å². The van der Waals surface area contributed by atoms with Crippen molar-refractivity contribution in [3.8, 4) is 11.5 Å². The highest BCUT2D eigenvalue weighted by molar-refractivity contribution is 6.16. The second-order valence-corrected chi connectivity index (χ2v) is 10.3. The van der Waals surface area contributed by atoms with Crippen LogP contribution in [0.5, 0.6) is 11.5 Å². The van der Waals surface area contributed by atoms with E-state index in [1.54, 1.807) is 0 Å². The van der Waals surface area contributed by atoms with Gasteiger partial charge in [0.05, 0.1) is 22.3 Å². The standard InChI is InChI=1S/C34H24N2O12/c1-19-15-27(37)35(29(19)39)17-45-31(41)21-3-5-23(6-4-21)33(43)47-26-13-9-24(10-14-26)34(44)48-25-11-7-22(8-12-25)32(42)46-18-36-28(38)16-20(2)30(36)40/h3-16H,17-18H2,1-2H3. The third kappa shape index (κ3) is 7.23. The maximum Gasteiger partial charge on any atom is 0.343 e. The lowest BCUT2D eigenvalue weighted by atomic mass is 10.1. The Hall–Kier alpha value is -6.70. The second-order valence-electron chi connectivity index (χ2n) is 10.3. The first-order valence-electron chi connectivity index (χ1n) is 14.1. The molecule has 2 aliphatic heterocycles. The topological polar surface area (TPSA) is 180 Å². The van der Waals surface area contributed by atoms with Crippen molar-refractivity contribution in [2.24, 2.45) is 0 Å². The molecule has 2 aliphatic rings. The summed E-state index contributed by atoms with van der Waals surface area (Å²) < 4.78 is 20.7. The molecule has 3 aromatic carbocycles. The van der Waals surface area contributed by atoms with Gasteiger partial charge in [-0.05, 0) is 86.6 Å². The van der Waals surface area contributed by atoms with Gasteiger partial charge in [-0.2, -0.15) is 0 Å². The Morgan fingerprint density at radius 1 is 0.479 bits per heavy atom. The molecule has 48 heavy (non-hydrogen) atoms. The minimum atomic E-state index is -0.806. The third-order valence-electron chi connectivity index (χ3n) is 6.98. The normalized spacial score (nSPS) is 14.0. The highest BCUT2D eigenvalue weighted by Gasteiger charge is 2.30. The number of carbonyl (C=O) groups is 8. The van der Waals surface area contributed by atoms with Crippen molar-refractivity contribution in [1.29, 1.82) is 0 Å². The first-order valence-corrected chi connectivity index (χ1v) is 14.1. The van der Waals surface area contributed by atoms with Gasteiger partial charge in [0.1, 0.15) is 11.5 Å². The number of amides is 4. The number of benzene rings is 3. The minimum absolute atomic E-state index is 0.0773. The van der Waals surface area contributed by atoms with E-state index in [9.17, 15) is 38.4 Å². The lowest BCUT2D eigenvalue weighted by Crippen LogP contribution is -2.34. The number of ether oxygens (including phenoxy) is 4. The van der Waals surface area contributed by atoms with Crippen LogP contribution in [0.1, 0.15) is 55.3 Å². The molecule has 0 radical (unpaired) electrons. The molecule has 3 aromatic rings. The summed E-state index contributed by atoms with van der Waals surface area (Å²) in [6, 6.07) is 16.2. The van der Waals surface area contributed by atoms with Crippen LogP contribution >= 0.6 is 0 Å². The zero-order valence-electron chi connectivity index (χ0n) is 25.3. The van der Waals surface area contributed by atoms with Gasteiger partial charge in [0, 0.05) is 23.3 Å². The Kier molecular flexibility index (Phi) is 9.36. The molecule has 0 fully saturated rings. The van der Waals surface area contributed by atoms with Crippen molar-refractivity contribution in [1.82, 2.24) is 9.80 Å². The van der Waals surface area contributed by atoms with Crippen LogP contribution in [0.2, 0.25) is 0 Å². The van der Waals surface area contributed by atoms with Gasteiger partial charge in [0.25, 0.3) is 23.6 Å². The first kappa shape index (κ1) is 32.7. The average Bonchev–Trinajstić information content (AvgIpc) is 3.47.